The molecule has 0 spiro atoms. The summed E-state index contributed by atoms with van der Waals surface area (Å²) in [6, 6.07) is 3.71. The van der Waals surface area contributed by atoms with Gasteiger partial charge in [0.1, 0.15) is 0 Å². The topological polar surface area (TPSA) is 63.4 Å². The van der Waals surface area contributed by atoms with Crippen molar-refractivity contribution >= 4 is 10.0 Å². The molecule has 1 saturated carbocycles. The Labute approximate surface area is 127 Å². The molecule has 1 aromatic carbocycles. The van der Waals surface area contributed by atoms with E-state index in [0.29, 0.717) is 36.4 Å². The highest BCUT2D eigenvalue weighted by atomic mass is 32.2. The third-order valence-electron chi connectivity index (χ3n) is 5.16. The standard InChI is InChI=1S/C16H24N2O2S/c1-11-6-12(2)16(7-15(11)8-17)21(19,20)18-9-13-4-3-5-14(13)10-18/h6-7,13-14H,3-5,8-10,17H2,1-2H3. The third kappa shape index (κ3) is 2.51. The molecule has 1 aromatic rings. The predicted molar refractivity (Wildman–Crippen MR) is 83.4 cm³/mol. The van der Waals surface area contributed by atoms with Crippen LogP contribution in [0.5, 0.6) is 0 Å². The molecule has 1 aliphatic carbocycles. The van der Waals surface area contributed by atoms with Crippen LogP contribution in [0.3, 0.4) is 0 Å². The van der Waals surface area contributed by atoms with Crippen LogP contribution in [0.1, 0.15) is 36.0 Å². The van der Waals surface area contributed by atoms with E-state index in [-0.39, 0.29) is 0 Å². The molecule has 0 amide bonds. The zero-order valence-corrected chi connectivity index (χ0v) is 13.6. The molecule has 2 unspecified atom stereocenters. The Hall–Kier alpha value is -0.910. The van der Waals surface area contributed by atoms with Crippen LogP contribution in [0.2, 0.25) is 0 Å². The average molecular weight is 308 g/mol. The second kappa shape index (κ2) is 5.38. The van der Waals surface area contributed by atoms with Crippen molar-refractivity contribution in [3.05, 3.63) is 28.8 Å². The Balaban J connectivity index is 1.95. The Morgan fingerprint density at radius 3 is 2.33 bits per heavy atom. The minimum absolute atomic E-state index is 0.375. The lowest BCUT2D eigenvalue weighted by Crippen LogP contribution is -2.30. The van der Waals surface area contributed by atoms with E-state index in [1.807, 2.05) is 19.9 Å². The molecule has 4 nitrogen and oxygen atoms in total. The Morgan fingerprint density at radius 2 is 1.76 bits per heavy atom. The lowest BCUT2D eigenvalue weighted by Gasteiger charge is -2.20. The molecule has 116 valence electrons. The number of rotatable bonds is 3. The van der Waals surface area contributed by atoms with Crippen LogP contribution in [0.4, 0.5) is 0 Å². The fraction of sp³-hybridized carbons (Fsp3) is 0.625. The van der Waals surface area contributed by atoms with Gasteiger partial charge in [0.25, 0.3) is 0 Å². The summed E-state index contributed by atoms with van der Waals surface area (Å²) < 4.78 is 27.6. The first-order valence-corrected chi connectivity index (χ1v) is 9.18. The first kappa shape index (κ1) is 15.0. The summed E-state index contributed by atoms with van der Waals surface area (Å²) in [5.74, 6) is 1.14. The van der Waals surface area contributed by atoms with Gasteiger partial charge in [-0.3, -0.25) is 0 Å². The van der Waals surface area contributed by atoms with E-state index in [9.17, 15) is 8.42 Å². The summed E-state index contributed by atoms with van der Waals surface area (Å²) in [5, 5.41) is 0. The van der Waals surface area contributed by atoms with E-state index in [4.69, 9.17) is 5.73 Å². The fourth-order valence-electron chi connectivity index (χ4n) is 3.90. The van der Waals surface area contributed by atoms with Crippen LogP contribution in [0.25, 0.3) is 0 Å². The number of aryl methyl sites for hydroxylation is 2. The van der Waals surface area contributed by atoms with Crippen molar-refractivity contribution in [3.8, 4) is 0 Å². The van der Waals surface area contributed by atoms with Gasteiger partial charge < -0.3 is 5.73 Å². The van der Waals surface area contributed by atoms with E-state index < -0.39 is 10.0 Å². The fourth-order valence-corrected chi connectivity index (χ4v) is 5.71. The van der Waals surface area contributed by atoms with Crippen molar-refractivity contribution in [2.45, 2.75) is 44.6 Å². The lowest BCUT2D eigenvalue weighted by molar-refractivity contribution is 0.445. The Morgan fingerprint density at radius 1 is 1.14 bits per heavy atom. The van der Waals surface area contributed by atoms with Gasteiger partial charge in [0.05, 0.1) is 4.90 Å². The number of benzene rings is 1. The molecule has 2 aliphatic rings. The second-order valence-corrected chi connectivity index (χ2v) is 8.43. The maximum atomic E-state index is 13.0. The van der Waals surface area contributed by atoms with Crippen molar-refractivity contribution in [3.63, 3.8) is 0 Å². The molecule has 1 heterocycles. The van der Waals surface area contributed by atoms with E-state index in [2.05, 4.69) is 0 Å². The summed E-state index contributed by atoms with van der Waals surface area (Å²) in [7, 11) is -3.38. The van der Waals surface area contributed by atoms with Crippen molar-refractivity contribution < 1.29 is 8.42 Å². The van der Waals surface area contributed by atoms with Crippen LogP contribution in [0, 0.1) is 25.7 Å². The molecular weight excluding hydrogens is 284 g/mol. The quantitative estimate of drug-likeness (QED) is 0.931. The summed E-state index contributed by atoms with van der Waals surface area (Å²) in [5.41, 5.74) is 8.53. The first-order chi connectivity index (χ1) is 9.93. The number of nitrogens with two attached hydrogens (primary N) is 1. The Bertz CT molecular complexity index is 642. The zero-order valence-electron chi connectivity index (χ0n) is 12.8. The minimum Gasteiger partial charge on any atom is -0.326 e. The first-order valence-electron chi connectivity index (χ1n) is 7.74. The van der Waals surface area contributed by atoms with Gasteiger partial charge in [-0.25, -0.2) is 8.42 Å². The van der Waals surface area contributed by atoms with Gasteiger partial charge >= 0.3 is 0 Å². The molecule has 21 heavy (non-hydrogen) atoms. The Kier molecular flexibility index (Phi) is 3.84. The smallest absolute Gasteiger partial charge is 0.243 e. The van der Waals surface area contributed by atoms with Crippen molar-refractivity contribution in [2.75, 3.05) is 13.1 Å². The molecule has 1 aliphatic heterocycles. The summed E-state index contributed by atoms with van der Waals surface area (Å²) in [6.07, 6.45) is 3.61. The summed E-state index contributed by atoms with van der Waals surface area (Å²) in [6.45, 7) is 5.61. The van der Waals surface area contributed by atoms with Crippen molar-refractivity contribution in [1.82, 2.24) is 4.31 Å². The molecule has 1 saturated heterocycles. The molecule has 0 radical (unpaired) electrons. The minimum atomic E-state index is -3.38. The van der Waals surface area contributed by atoms with Gasteiger partial charge in [0.15, 0.2) is 0 Å². The van der Waals surface area contributed by atoms with Gasteiger partial charge in [0.2, 0.25) is 10.0 Å². The van der Waals surface area contributed by atoms with Gasteiger partial charge in [-0.15, -0.1) is 0 Å². The third-order valence-corrected chi connectivity index (χ3v) is 7.14. The van der Waals surface area contributed by atoms with E-state index in [1.54, 1.807) is 10.4 Å². The predicted octanol–water partition coefficient (Wildman–Crippen LogP) is 2.18. The van der Waals surface area contributed by atoms with Gasteiger partial charge in [-0.1, -0.05) is 12.5 Å². The molecule has 3 rings (SSSR count). The number of sulfonamides is 1. The zero-order chi connectivity index (χ0) is 15.2. The molecule has 2 fully saturated rings. The monoisotopic (exact) mass is 308 g/mol. The number of hydrogen-bond acceptors (Lipinski definition) is 3. The molecular formula is C16H24N2O2S. The van der Waals surface area contributed by atoms with E-state index in [0.717, 1.165) is 16.7 Å². The van der Waals surface area contributed by atoms with Crippen LogP contribution < -0.4 is 5.73 Å². The maximum absolute atomic E-state index is 13.0. The molecule has 2 atom stereocenters. The van der Waals surface area contributed by atoms with Crippen LogP contribution in [-0.4, -0.2) is 25.8 Å². The SMILES string of the molecule is Cc1cc(C)c(S(=O)(=O)N2CC3CCCC3C2)cc1CN. The summed E-state index contributed by atoms with van der Waals surface area (Å²) >= 11 is 0. The van der Waals surface area contributed by atoms with Crippen LogP contribution >= 0.6 is 0 Å². The highest BCUT2D eigenvalue weighted by Crippen LogP contribution is 2.40. The van der Waals surface area contributed by atoms with Gasteiger partial charge in [-0.05, 0) is 61.3 Å². The largest absolute Gasteiger partial charge is 0.326 e. The lowest BCUT2D eigenvalue weighted by atomic mass is 10.0. The van der Waals surface area contributed by atoms with Crippen LogP contribution in [0.15, 0.2) is 17.0 Å². The summed E-state index contributed by atoms with van der Waals surface area (Å²) in [4.78, 5) is 0.438. The molecule has 0 aromatic heterocycles. The van der Waals surface area contributed by atoms with Gasteiger partial charge in [-0.2, -0.15) is 4.31 Å². The van der Waals surface area contributed by atoms with Crippen molar-refractivity contribution in [2.24, 2.45) is 17.6 Å². The number of hydrogen-bond donors (Lipinski definition) is 1. The molecule has 0 bridgehead atoms. The molecule has 5 heteroatoms. The van der Waals surface area contributed by atoms with Crippen molar-refractivity contribution in [1.29, 1.82) is 0 Å². The second-order valence-electron chi connectivity index (χ2n) is 6.52. The molecule has 2 N–H and O–H groups in total. The number of fused-ring (bicyclic) bond motifs is 1. The van der Waals surface area contributed by atoms with Crippen LogP contribution in [-0.2, 0) is 16.6 Å². The highest BCUT2D eigenvalue weighted by Gasteiger charge is 2.41. The highest BCUT2D eigenvalue weighted by molar-refractivity contribution is 7.89. The number of nitrogens with zero attached hydrogens (tertiary/aromatic N) is 1. The maximum Gasteiger partial charge on any atom is 0.243 e. The normalized spacial score (nSPS) is 26.2. The van der Waals surface area contributed by atoms with E-state index in [1.165, 1.54) is 19.3 Å². The average Bonchev–Trinajstić information content (AvgIpc) is 2.99. The van der Waals surface area contributed by atoms with Gasteiger partial charge in [0, 0.05) is 19.6 Å². The van der Waals surface area contributed by atoms with E-state index >= 15 is 0 Å².